The van der Waals surface area contributed by atoms with E-state index < -0.39 is 0 Å². The molecule has 25 heavy (non-hydrogen) atoms. The Hall–Kier alpha value is -3.65. The highest BCUT2D eigenvalue weighted by atomic mass is 15.7. The van der Waals surface area contributed by atoms with Crippen molar-refractivity contribution in [3.8, 4) is 17.2 Å². The van der Waals surface area contributed by atoms with Crippen LogP contribution in [0.4, 0.5) is 5.69 Å². The van der Waals surface area contributed by atoms with Gasteiger partial charge < -0.3 is 0 Å². The second-order valence-electron chi connectivity index (χ2n) is 5.70. The molecule has 0 spiro atoms. The van der Waals surface area contributed by atoms with E-state index in [2.05, 4.69) is 16.4 Å². The van der Waals surface area contributed by atoms with Crippen LogP contribution in [0.25, 0.3) is 22.2 Å². The Bertz CT molecular complexity index is 1080. The van der Waals surface area contributed by atoms with Gasteiger partial charge in [-0.1, -0.05) is 42.5 Å². The van der Waals surface area contributed by atoms with E-state index >= 15 is 0 Å². The largest absolute Gasteiger partial charge is 0.267 e. The third kappa shape index (κ3) is 2.60. The topological polar surface area (TPSA) is 57.7 Å². The zero-order valence-electron chi connectivity index (χ0n) is 13.7. The van der Waals surface area contributed by atoms with Crippen molar-refractivity contribution in [2.75, 3.05) is 12.1 Å². The first-order valence-electron chi connectivity index (χ1n) is 7.92. The summed E-state index contributed by atoms with van der Waals surface area (Å²) < 4.78 is 0. The summed E-state index contributed by atoms with van der Waals surface area (Å²) in [6.07, 6.45) is 0. The summed E-state index contributed by atoms with van der Waals surface area (Å²) in [7, 11) is 1.93. The molecule has 5 heteroatoms. The summed E-state index contributed by atoms with van der Waals surface area (Å²) in [6, 6.07) is 25.8. The Morgan fingerprint density at radius 2 is 1.72 bits per heavy atom. The van der Waals surface area contributed by atoms with Crippen molar-refractivity contribution in [3.63, 3.8) is 0 Å². The number of hydrogen-bond donors (Lipinski definition) is 0. The van der Waals surface area contributed by atoms with E-state index in [0.717, 1.165) is 27.8 Å². The van der Waals surface area contributed by atoms with Crippen LogP contribution in [0.1, 0.15) is 5.56 Å². The van der Waals surface area contributed by atoms with Gasteiger partial charge in [0.15, 0.2) is 0 Å². The first-order valence-corrected chi connectivity index (χ1v) is 7.92. The molecular formula is C20H15N5. The number of rotatable bonds is 3. The van der Waals surface area contributed by atoms with Crippen molar-refractivity contribution in [1.29, 1.82) is 5.26 Å². The fourth-order valence-corrected chi connectivity index (χ4v) is 2.88. The van der Waals surface area contributed by atoms with Crippen LogP contribution in [-0.2, 0) is 0 Å². The molecule has 4 rings (SSSR count). The molecule has 0 aliphatic carbocycles. The molecule has 0 N–H and O–H groups in total. The van der Waals surface area contributed by atoms with Gasteiger partial charge in [-0.2, -0.15) is 10.1 Å². The molecule has 1 heterocycles. The summed E-state index contributed by atoms with van der Waals surface area (Å²) in [4.78, 5) is 1.76. The minimum absolute atomic E-state index is 0.645. The van der Waals surface area contributed by atoms with E-state index in [-0.39, 0.29) is 0 Å². The monoisotopic (exact) mass is 325 g/mol. The Kier molecular flexibility index (Phi) is 3.64. The number of benzene rings is 3. The van der Waals surface area contributed by atoms with Gasteiger partial charge in [0.1, 0.15) is 11.0 Å². The molecule has 0 aliphatic heterocycles. The molecule has 0 saturated carbocycles. The molecule has 0 radical (unpaired) electrons. The van der Waals surface area contributed by atoms with Gasteiger partial charge in [-0.05, 0) is 41.1 Å². The second-order valence-corrected chi connectivity index (χ2v) is 5.70. The number of nitriles is 1. The van der Waals surface area contributed by atoms with Gasteiger partial charge in [-0.15, -0.1) is 5.10 Å². The summed E-state index contributed by atoms with van der Waals surface area (Å²) in [5.74, 6) is 0. The molecule has 0 aliphatic rings. The summed E-state index contributed by atoms with van der Waals surface area (Å²) in [6.45, 7) is 0. The zero-order valence-corrected chi connectivity index (χ0v) is 13.7. The molecule has 4 aromatic rings. The van der Waals surface area contributed by atoms with Crippen molar-refractivity contribution in [2.24, 2.45) is 0 Å². The highest BCUT2D eigenvalue weighted by Crippen LogP contribution is 2.28. The van der Waals surface area contributed by atoms with E-state index in [1.807, 2.05) is 84.9 Å². The maximum atomic E-state index is 9.44. The van der Waals surface area contributed by atoms with Crippen molar-refractivity contribution < 1.29 is 0 Å². The van der Waals surface area contributed by atoms with Gasteiger partial charge in [0.05, 0.1) is 17.3 Å². The van der Waals surface area contributed by atoms with Crippen molar-refractivity contribution in [1.82, 2.24) is 15.1 Å². The van der Waals surface area contributed by atoms with Gasteiger partial charge in [0.25, 0.3) is 0 Å². The normalized spacial score (nSPS) is 10.6. The predicted octanol–water partition coefficient (Wildman–Crippen LogP) is 3.87. The van der Waals surface area contributed by atoms with Crippen LogP contribution in [-0.4, -0.2) is 22.2 Å². The summed E-state index contributed by atoms with van der Waals surface area (Å²) in [5.41, 5.74) is 5.25. The first kappa shape index (κ1) is 14.9. The van der Waals surface area contributed by atoms with Crippen LogP contribution >= 0.6 is 0 Å². The number of aromatic nitrogens is 3. The van der Waals surface area contributed by atoms with Crippen LogP contribution in [0.15, 0.2) is 72.8 Å². The van der Waals surface area contributed by atoms with Gasteiger partial charge in [-0.3, -0.25) is 5.01 Å². The lowest BCUT2D eigenvalue weighted by Gasteiger charge is -2.20. The highest BCUT2D eigenvalue weighted by molar-refractivity contribution is 5.77. The molecule has 0 saturated heterocycles. The number of hydrogen-bond acceptors (Lipinski definition) is 4. The molecule has 120 valence electrons. The molecule has 5 nitrogen and oxygen atoms in total. The smallest absolute Gasteiger partial charge is 0.115 e. The molecule has 3 aromatic carbocycles. The van der Waals surface area contributed by atoms with Crippen LogP contribution in [0, 0.1) is 11.3 Å². The molecule has 0 unspecified atom stereocenters. The van der Waals surface area contributed by atoms with Crippen LogP contribution in [0.3, 0.4) is 0 Å². The number of fused-ring (bicyclic) bond motifs is 1. The summed E-state index contributed by atoms with van der Waals surface area (Å²) in [5, 5.41) is 19.8. The fourth-order valence-electron chi connectivity index (χ4n) is 2.88. The van der Waals surface area contributed by atoms with Gasteiger partial charge in [0, 0.05) is 12.6 Å². The quantitative estimate of drug-likeness (QED) is 0.574. The standard InChI is InChI=1S/C20H15N5/c1-24(25-20-10-6-5-9-19(20)22-23-25)17-12-11-16(14-21)18(13-17)15-7-3-2-4-8-15/h2-13H,1H3. The molecule has 1 aromatic heterocycles. The number of para-hydroxylation sites is 1. The van der Waals surface area contributed by atoms with Gasteiger partial charge in [-0.25, -0.2) is 0 Å². The third-order valence-electron chi connectivity index (χ3n) is 4.20. The molecule has 0 bridgehead atoms. The molecular weight excluding hydrogens is 310 g/mol. The molecule has 0 amide bonds. The minimum Gasteiger partial charge on any atom is -0.267 e. The van der Waals surface area contributed by atoms with Crippen molar-refractivity contribution in [3.05, 3.63) is 78.4 Å². The van der Waals surface area contributed by atoms with E-state index in [1.165, 1.54) is 0 Å². The van der Waals surface area contributed by atoms with Gasteiger partial charge >= 0.3 is 0 Å². The Balaban J connectivity index is 1.82. The lowest BCUT2D eigenvalue weighted by atomic mass is 9.99. The number of anilines is 1. The van der Waals surface area contributed by atoms with E-state index in [0.29, 0.717) is 5.56 Å². The molecule has 0 fully saturated rings. The van der Waals surface area contributed by atoms with E-state index in [1.54, 1.807) is 4.79 Å². The predicted molar refractivity (Wildman–Crippen MR) is 97.9 cm³/mol. The lowest BCUT2D eigenvalue weighted by molar-refractivity contribution is 0.657. The first-order chi connectivity index (χ1) is 12.3. The fraction of sp³-hybridized carbons (Fsp3) is 0.0500. The van der Waals surface area contributed by atoms with Crippen molar-refractivity contribution >= 4 is 16.7 Å². The Labute approximate surface area is 145 Å². The van der Waals surface area contributed by atoms with Crippen molar-refractivity contribution in [2.45, 2.75) is 0 Å². The van der Waals surface area contributed by atoms with Crippen LogP contribution < -0.4 is 5.01 Å². The molecule has 0 atom stereocenters. The van der Waals surface area contributed by atoms with Crippen LogP contribution in [0.2, 0.25) is 0 Å². The second kappa shape index (κ2) is 6.10. The average molecular weight is 325 g/mol. The zero-order chi connectivity index (χ0) is 17.2. The van der Waals surface area contributed by atoms with Crippen LogP contribution in [0.5, 0.6) is 0 Å². The lowest BCUT2D eigenvalue weighted by Crippen LogP contribution is -2.25. The maximum Gasteiger partial charge on any atom is 0.115 e. The maximum absolute atomic E-state index is 9.44. The SMILES string of the molecule is CN(c1ccc(C#N)c(-c2ccccc2)c1)n1nnc2ccccc21. The number of nitrogens with zero attached hydrogens (tertiary/aromatic N) is 5. The van der Waals surface area contributed by atoms with Gasteiger partial charge in [0.2, 0.25) is 0 Å². The Morgan fingerprint density at radius 1 is 0.960 bits per heavy atom. The van der Waals surface area contributed by atoms with E-state index in [9.17, 15) is 5.26 Å². The highest BCUT2D eigenvalue weighted by Gasteiger charge is 2.12. The third-order valence-corrected chi connectivity index (χ3v) is 4.20. The average Bonchev–Trinajstić information content (AvgIpc) is 3.11. The summed E-state index contributed by atoms with van der Waals surface area (Å²) >= 11 is 0. The minimum atomic E-state index is 0.645. The Morgan fingerprint density at radius 3 is 2.52 bits per heavy atom. The van der Waals surface area contributed by atoms with E-state index in [4.69, 9.17) is 0 Å².